The predicted octanol–water partition coefficient (Wildman–Crippen LogP) is 0.353. The number of methoxy groups -OCH3 is 1. The van der Waals surface area contributed by atoms with E-state index in [0.717, 1.165) is 38.8 Å². The van der Waals surface area contributed by atoms with E-state index in [9.17, 15) is 8.42 Å². The van der Waals surface area contributed by atoms with E-state index in [0.29, 0.717) is 31.6 Å². The number of piperidine rings is 1. The monoisotopic (exact) mass is 327 g/mol. The first-order valence-corrected chi connectivity index (χ1v) is 8.53. The lowest BCUT2D eigenvalue weighted by Crippen LogP contribution is -2.48. The van der Waals surface area contributed by atoms with E-state index in [2.05, 4.69) is 10.0 Å². The maximum atomic E-state index is 12.2. The third-order valence-corrected chi connectivity index (χ3v) is 5.57. The molecule has 0 spiro atoms. The Morgan fingerprint density at radius 2 is 2.00 bits per heavy atom. The van der Waals surface area contributed by atoms with Crippen molar-refractivity contribution in [3.63, 3.8) is 0 Å². The maximum Gasteiger partial charge on any atom is 0.279 e. The van der Waals surface area contributed by atoms with Crippen LogP contribution in [0, 0.1) is 5.92 Å². The Morgan fingerprint density at radius 1 is 1.30 bits per heavy atom. The highest BCUT2D eigenvalue weighted by atomic mass is 35.5. The fourth-order valence-electron chi connectivity index (χ4n) is 2.78. The van der Waals surface area contributed by atoms with Crippen molar-refractivity contribution in [2.24, 2.45) is 5.92 Å². The summed E-state index contributed by atoms with van der Waals surface area (Å²) in [6.07, 6.45) is 3.96. The van der Waals surface area contributed by atoms with Crippen molar-refractivity contribution in [3.8, 4) is 0 Å². The van der Waals surface area contributed by atoms with Gasteiger partial charge in [0.25, 0.3) is 10.2 Å². The summed E-state index contributed by atoms with van der Waals surface area (Å²) in [4.78, 5) is 0. The Kier molecular flexibility index (Phi) is 7.71. The highest BCUT2D eigenvalue weighted by molar-refractivity contribution is 7.87. The van der Waals surface area contributed by atoms with Crippen LogP contribution < -0.4 is 10.0 Å². The van der Waals surface area contributed by atoms with Crippen LogP contribution in [0.15, 0.2) is 0 Å². The highest BCUT2D eigenvalue weighted by Gasteiger charge is 2.28. The van der Waals surface area contributed by atoms with Gasteiger partial charge >= 0.3 is 0 Å². The Bertz CT molecular complexity index is 366. The van der Waals surface area contributed by atoms with Crippen LogP contribution in [-0.2, 0) is 14.9 Å². The standard InChI is InChI=1S/C12H25N3O3S.ClH/c1-18-10-11-4-7-15(8-5-11)19(16,17)14-9-12-3-2-6-13-12;/h11-14H,2-10H2,1H3;1H/t12-;/m0./s1. The first-order chi connectivity index (χ1) is 9.12. The minimum atomic E-state index is -3.31. The molecule has 0 aromatic rings. The SMILES string of the molecule is COCC1CCN(S(=O)(=O)NC[C@@H]2CCCN2)CC1.Cl. The van der Waals surface area contributed by atoms with Crippen LogP contribution in [0.5, 0.6) is 0 Å². The molecule has 8 heteroatoms. The summed E-state index contributed by atoms with van der Waals surface area (Å²) in [6.45, 7) is 3.42. The summed E-state index contributed by atoms with van der Waals surface area (Å²) in [5.74, 6) is 0.493. The average molecular weight is 328 g/mol. The largest absolute Gasteiger partial charge is 0.384 e. The van der Waals surface area contributed by atoms with E-state index in [1.165, 1.54) is 0 Å². The molecule has 0 saturated carbocycles. The van der Waals surface area contributed by atoms with Crippen LogP contribution >= 0.6 is 12.4 Å². The number of nitrogens with one attached hydrogen (secondary N) is 2. The van der Waals surface area contributed by atoms with Crippen molar-refractivity contribution < 1.29 is 13.2 Å². The lowest BCUT2D eigenvalue weighted by molar-refractivity contribution is 0.121. The van der Waals surface area contributed by atoms with Crippen LogP contribution in [-0.4, -0.2) is 58.7 Å². The van der Waals surface area contributed by atoms with E-state index < -0.39 is 10.2 Å². The Hall–Kier alpha value is 0.0800. The minimum Gasteiger partial charge on any atom is -0.384 e. The molecule has 0 bridgehead atoms. The molecule has 0 aromatic carbocycles. The Balaban J connectivity index is 0.00000200. The summed E-state index contributed by atoms with van der Waals surface area (Å²) in [7, 11) is -1.61. The molecule has 2 rings (SSSR count). The highest BCUT2D eigenvalue weighted by Crippen LogP contribution is 2.19. The van der Waals surface area contributed by atoms with E-state index in [1.807, 2.05) is 0 Å². The molecule has 0 radical (unpaired) electrons. The van der Waals surface area contributed by atoms with Gasteiger partial charge in [-0.1, -0.05) is 0 Å². The van der Waals surface area contributed by atoms with Crippen LogP contribution in [0.25, 0.3) is 0 Å². The number of ether oxygens (including phenoxy) is 1. The molecule has 2 aliphatic heterocycles. The van der Waals surface area contributed by atoms with Gasteiger partial charge in [0.2, 0.25) is 0 Å². The average Bonchev–Trinajstić information content (AvgIpc) is 2.91. The molecular weight excluding hydrogens is 302 g/mol. The van der Waals surface area contributed by atoms with Crippen molar-refractivity contribution in [1.29, 1.82) is 0 Å². The van der Waals surface area contributed by atoms with Gasteiger partial charge in [-0.15, -0.1) is 12.4 Å². The number of rotatable bonds is 6. The number of nitrogens with zero attached hydrogens (tertiary/aromatic N) is 1. The minimum absolute atomic E-state index is 0. The second kappa shape index (κ2) is 8.51. The van der Waals surface area contributed by atoms with E-state index >= 15 is 0 Å². The molecule has 2 heterocycles. The molecule has 120 valence electrons. The van der Waals surface area contributed by atoms with E-state index in [-0.39, 0.29) is 12.4 Å². The molecular formula is C12H26ClN3O3S. The molecule has 20 heavy (non-hydrogen) atoms. The summed E-state index contributed by atoms with van der Waals surface area (Å²) < 4.78 is 33.7. The summed E-state index contributed by atoms with van der Waals surface area (Å²) in [5.41, 5.74) is 0. The van der Waals surface area contributed by atoms with Gasteiger partial charge in [0.1, 0.15) is 0 Å². The topological polar surface area (TPSA) is 70.7 Å². The van der Waals surface area contributed by atoms with Gasteiger partial charge in [-0.3, -0.25) is 0 Å². The fraction of sp³-hybridized carbons (Fsp3) is 1.00. The van der Waals surface area contributed by atoms with Crippen molar-refractivity contribution in [2.75, 3.05) is 39.9 Å². The third kappa shape index (κ3) is 5.13. The van der Waals surface area contributed by atoms with Crippen molar-refractivity contribution in [2.45, 2.75) is 31.7 Å². The van der Waals surface area contributed by atoms with Gasteiger partial charge in [-0.05, 0) is 38.1 Å². The number of hydrogen-bond donors (Lipinski definition) is 2. The number of hydrogen-bond acceptors (Lipinski definition) is 4. The smallest absolute Gasteiger partial charge is 0.279 e. The van der Waals surface area contributed by atoms with Gasteiger partial charge in [-0.2, -0.15) is 12.7 Å². The van der Waals surface area contributed by atoms with Crippen molar-refractivity contribution >= 4 is 22.6 Å². The molecule has 0 aromatic heterocycles. The third-order valence-electron chi connectivity index (χ3n) is 3.99. The lowest BCUT2D eigenvalue weighted by atomic mass is 9.99. The summed E-state index contributed by atoms with van der Waals surface area (Å²) >= 11 is 0. The first-order valence-electron chi connectivity index (χ1n) is 7.09. The fourth-order valence-corrected chi connectivity index (χ4v) is 4.07. The molecule has 2 fully saturated rings. The Morgan fingerprint density at radius 3 is 2.55 bits per heavy atom. The zero-order valence-corrected chi connectivity index (χ0v) is 13.6. The molecule has 0 aliphatic carbocycles. The first kappa shape index (κ1) is 18.1. The van der Waals surface area contributed by atoms with E-state index in [1.54, 1.807) is 11.4 Å². The number of halogens is 1. The second-order valence-corrected chi connectivity index (χ2v) is 7.20. The Labute approximate surface area is 128 Å². The van der Waals surface area contributed by atoms with Gasteiger partial charge in [0.15, 0.2) is 0 Å². The molecule has 2 saturated heterocycles. The molecule has 0 unspecified atom stereocenters. The van der Waals surface area contributed by atoms with Gasteiger partial charge < -0.3 is 10.1 Å². The predicted molar refractivity (Wildman–Crippen MR) is 81.4 cm³/mol. The van der Waals surface area contributed by atoms with Gasteiger partial charge in [0.05, 0.1) is 0 Å². The van der Waals surface area contributed by atoms with Crippen LogP contribution in [0.3, 0.4) is 0 Å². The second-order valence-electron chi connectivity index (χ2n) is 5.44. The van der Waals surface area contributed by atoms with Crippen LogP contribution in [0.4, 0.5) is 0 Å². The zero-order chi connectivity index (χ0) is 13.7. The van der Waals surface area contributed by atoms with Crippen LogP contribution in [0.2, 0.25) is 0 Å². The lowest BCUT2D eigenvalue weighted by Gasteiger charge is -2.31. The van der Waals surface area contributed by atoms with Gasteiger partial charge in [-0.25, -0.2) is 4.72 Å². The molecule has 0 amide bonds. The maximum absolute atomic E-state index is 12.2. The summed E-state index contributed by atoms with van der Waals surface area (Å²) in [6, 6.07) is 0.292. The summed E-state index contributed by atoms with van der Waals surface area (Å²) in [5, 5.41) is 3.29. The molecule has 2 aliphatic rings. The quantitative estimate of drug-likeness (QED) is 0.738. The van der Waals surface area contributed by atoms with E-state index in [4.69, 9.17) is 4.74 Å². The van der Waals surface area contributed by atoms with Gasteiger partial charge in [0, 0.05) is 39.4 Å². The molecule has 2 N–H and O–H groups in total. The molecule has 6 nitrogen and oxygen atoms in total. The molecule has 1 atom stereocenters. The van der Waals surface area contributed by atoms with Crippen LogP contribution in [0.1, 0.15) is 25.7 Å². The van der Waals surface area contributed by atoms with Crippen molar-refractivity contribution in [1.82, 2.24) is 14.3 Å². The normalized spacial score (nSPS) is 25.6. The zero-order valence-electron chi connectivity index (χ0n) is 12.0. The van der Waals surface area contributed by atoms with Crippen molar-refractivity contribution in [3.05, 3.63) is 0 Å².